The molecular weight excluding hydrogens is 326 g/mol. The summed E-state index contributed by atoms with van der Waals surface area (Å²) in [5.74, 6) is 0.149. The summed E-state index contributed by atoms with van der Waals surface area (Å²) < 4.78 is 29.7. The van der Waals surface area contributed by atoms with Crippen molar-refractivity contribution in [2.45, 2.75) is 49.8 Å². The molecular formula is C17H23N3O3S. The number of hydrogen-bond donors (Lipinski definition) is 2. The maximum Gasteiger partial charge on any atom is 0.243 e. The van der Waals surface area contributed by atoms with Crippen LogP contribution in [0, 0.1) is 5.92 Å². The van der Waals surface area contributed by atoms with Crippen LogP contribution in [-0.2, 0) is 23.0 Å². The average Bonchev–Trinajstić information content (AvgIpc) is 3.02. The summed E-state index contributed by atoms with van der Waals surface area (Å²) in [6, 6.07) is 9.58. The van der Waals surface area contributed by atoms with Crippen molar-refractivity contribution in [3.05, 3.63) is 48.3 Å². The Bertz CT molecular complexity index is 767. The van der Waals surface area contributed by atoms with Gasteiger partial charge in [-0.15, -0.1) is 0 Å². The van der Waals surface area contributed by atoms with Crippen molar-refractivity contribution in [1.82, 2.24) is 14.5 Å². The van der Waals surface area contributed by atoms with Gasteiger partial charge in [0.15, 0.2) is 0 Å². The quantitative estimate of drug-likeness (QED) is 0.795. The highest BCUT2D eigenvalue weighted by molar-refractivity contribution is 7.89. The molecule has 0 radical (unpaired) electrons. The van der Waals surface area contributed by atoms with Crippen LogP contribution in [0.15, 0.2) is 47.6 Å². The minimum Gasteiger partial charge on any atom is -0.393 e. The number of benzene rings is 1. The first-order valence-electron chi connectivity index (χ1n) is 8.24. The Labute approximate surface area is 142 Å². The van der Waals surface area contributed by atoms with Gasteiger partial charge in [0.2, 0.25) is 10.0 Å². The topological polar surface area (TPSA) is 84.2 Å². The number of hydrogen-bond acceptors (Lipinski definition) is 4. The number of rotatable bonds is 7. The lowest BCUT2D eigenvalue weighted by Gasteiger charge is -2.38. The molecule has 0 aliphatic heterocycles. The van der Waals surface area contributed by atoms with Crippen molar-refractivity contribution in [1.29, 1.82) is 0 Å². The van der Waals surface area contributed by atoms with Crippen LogP contribution in [0.2, 0.25) is 0 Å². The van der Waals surface area contributed by atoms with Gasteiger partial charge >= 0.3 is 0 Å². The van der Waals surface area contributed by atoms with Gasteiger partial charge in [-0.25, -0.2) is 13.1 Å². The summed E-state index contributed by atoms with van der Waals surface area (Å²) in [4.78, 5) is 0.183. The van der Waals surface area contributed by atoms with Crippen LogP contribution in [0.5, 0.6) is 0 Å². The van der Waals surface area contributed by atoms with Crippen molar-refractivity contribution < 1.29 is 13.5 Å². The predicted molar refractivity (Wildman–Crippen MR) is 90.9 cm³/mol. The average molecular weight is 349 g/mol. The highest BCUT2D eigenvalue weighted by atomic mass is 32.2. The van der Waals surface area contributed by atoms with Gasteiger partial charge in [0, 0.05) is 18.8 Å². The largest absolute Gasteiger partial charge is 0.393 e. The summed E-state index contributed by atoms with van der Waals surface area (Å²) in [7, 11) is -3.62. The molecule has 0 bridgehead atoms. The van der Waals surface area contributed by atoms with Crippen molar-refractivity contribution >= 4 is 10.0 Å². The predicted octanol–water partition coefficient (Wildman–Crippen LogP) is 1.56. The van der Waals surface area contributed by atoms with Gasteiger partial charge in [-0.05, 0) is 37.7 Å². The molecule has 1 heterocycles. The van der Waals surface area contributed by atoms with E-state index in [0.29, 0.717) is 25.8 Å². The molecule has 1 aliphatic carbocycles. The molecule has 1 aromatic carbocycles. The van der Waals surface area contributed by atoms with Crippen molar-refractivity contribution in [2.24, 2.45) is 5.92 Å². The Morgan fingerprint density at radius 1 is 1.33 bits per heavy atom. The zero-order valence-corrected chi connectivity index (χ0v) is 14.5. The number of aliphatic hydroxyl groups excluding tert-OH is 1. The van der Waals surface area contributed by atoms with E-state index in [-0.39, 0.29) is 23.0 Å². The fraction of sp³-hybridized carbons (Fsp3) is 0.471. The molecule has 130 valence electrons. The van der Waals surface area contributed by atoms with E-state index in [4.69, 9.17) is 0 Å². The molecule has 0 amide bonds. The van der Waals surface area contributed by atoms with E-state index < -0.39 is 10.0 Å². The first kappa shape index (κ1) is 17.1. The fourth-order valence-corrected chi connectivity index (χ4v) is 4.31. The molecule has 0 spiro atoms. The number of aromatic nitrogens is 2. The summed E-state index contributed by atoms with van der Waals surface area (Å²) in [6.45, 7) is 2.53. The van der Waals surface area contributed by atoms with Crippen molar-refractivity contribution in [3.63, 3.8) is 0 Å². The molecule has 3 rings (SSSR count). The van der Waals surface area contributed by atoms with Gasteiger partial charge in [0.25, 0.3) is 0 Å². The Morgan fingerprint density at radius 3 is 2.62 bits per heavy atom. The first-order valence-corrected chi connectivity index (χ1v) is 9.73. The lowest BCUT2D eigenvalue weighted by atomic mass is 9.76. The third kappa shape index (κ3) is 3.85. The van der Waals surface area contributed by atoms with E-state index in [1.165, 1.54) is 12.4 Å². The van der Waals surface area contributed by atoms with Crippen LogP contribution in [0.25, 0.3) is 0 Å². The molecule has 7 heteroatoms. The monoisotopic (exact) mass is 349 g/mol. The van der Waals surface area contributed by atoms with Crippen LogP contribution in [-0.4, -0.2) is 35.5 Å². The molecule has 1 atom stereocenters. The molecule has 1 aliphatic rings. The Hall–Kier alpha value is -1.70. The summed E-state index contributed by atoms with van der Waals surface area (Å²) >= 11 is 0. The lowest BCUT2D eigenvalue weighted by Crippen LogP contribution is -2.48. The van der Waals surface area contributed by atoms with Gasteiger partial charge in [-0.3, -0.25) is 4.68 Å². The van der Waals surface area contributed by atoms with Gasteiger partial charge in [-0.1, -0.05) is 30.3 Å². The van der Waals surface area contributed by atoms with E-state index in [1.807, 2.05) is 37.3 Å². The Kier molecular flexibility index (Phi) is 5.03. The summed E-state index contributed by atoms with van der Waals surface area (Å²) in [6.07, 6.45) is 4.47. The molecule has 1 saturated carbocycles. The van der Waals surface area contributed by atoms with E-state index in [1.54, 1.807) is 4.68 Å². The van der Waals surface area contributed by atoms with E-state index in [2.05, 4.69) is 9.82 Å². The normalized spacial score (nSPS) is 22.1. The standard InChI is InChI=1S/C17H23N3O3S/c1-2-20-12-16(11-18-20)24(22,23)19-17(14-9-15(21)10-14)8-13-6-4-3-5-7-13/h3-7,11-12,14-15,17,19,21H,2,8-10H2,1H3. The number of nitrogens with zero attached hydrogens (tertiary/aromatic N) is 2. The maximum atomic E-state index is 12.7. The van der Waals surface area contributed by atoms with Crippen LogP contribution < -0.4 is 4.72 Å². The van der Waals surface area contributed by atoms with Crippen LogP contribution in [0.1, 0.15) is 25.3 Å². The van der Waals surface area contributed by atoms with Gasteiger partial charge in [0.05, 0.1) is 12.3 Å². The molecule has 0 saturated heterocycles. The number of aliphatic hydroxyl groups is 1. The fourth-order valence-electron chi connectivity index (χ4n) is 3.05. The van der Waals surface area contributed by atoms with Gasteiger partial charge in [-0.2, -0.15) is 5.10 Å². The third-order valence-corrected chi connectivity index (χ3v) is 6.01. The lowest BCUT2D eigenvalue weighted by molar-refractivity contribution is 0.0283. The highest BCUT2D eigenvalue weighted by Crippen LogP contribution is 2.32. The molecule has 1 unspecified atom stereocenters. The van der Waals surface area contributed by atoms with Gasteiger partial charge in [0.1, 0.15) is 4.90 Å². The summed E-state index contributed by atoms with van der Waals surface area (Å²) in [5, 5.41) is 13.6. The molecule has 1 fully saturated rings. The molecule has 2 N–H and O–H groups in total. The van der Waals surface area contributed by atoms with Crippen LogP contribution in [0.3, 0.4) is 0 Å². The van der Waals surface area contributed by atoms with Crippen molar-refractivity contribution in [2.75, 3.05) is 0 Å². The van der Waals surface area contributed by atoms with Crippen LogP contribution >= 0.6 is 0 Å². The Balaban J connectivity index is 1.77. The zero-order chi connectivity index (χ0) is 17.2. The van der Waals surface area contributed by atoms with E-state index in [0.717, 1.165) is 5.56 Å². The zero-order valence-electron chi connectivity index (χ0n) is 13.7. The number of sulfonamides is 1. The van der Waals surface area contributed by atoms with Crippen molar-refractivity contribution in [3.8, 4) is 0 Å². The second kappa shape index (κ2) is 7.04. The molecule has 6 nitrogen and oxygen atoms in total. The number of aryl methyl sites for hydroxylation is 1. The second-order valence-corrected chi connectivity index (χ2v) is 8.05. The van der Waals surface area contributed by atoms with E-state index in [9.17, 15) is 13.5 Å². The molecule has 2 aromatic rings. The van der Waals surface area contributed by atoms with E-state index >= 15 is 0 Å². The minimum absolute atomic E-state index is 0.149. The molecule has 24 heavy (non-hydrogen) atoms. The summed E-state index contributed by atoms with van der Waals surface area (Å²) in [5.41, 5.74) is 1.08. The highest BCUT2D eigenvalue weighted by Gasteiger charge is 2.36. The van der Waals surface area contributed by atoms with Gasteiger partial charge < -0.3 is 5.11 Å². The minimum atomic E-state index is -3.62. The smallest absolute Gasteiger partial charge is 0.243 e. The second-order valence-electron chi connectivity index (χ2n) is 6.33. The maximum absolute atomic E-state index is 12.7. The van der Waals surface area contributed by atoms with Crippen LogP contribution in [0.4, 0.5) is 0 Å². The number of nitrogens with one attached hydrogen (secondary N) is 1. The third-order valence-electron chi connectivity index (χ3n) is 4.57. The molecule has 1 aromatic heterocycles. The Morgan fingerprint density at radius 2 is 2.04 bits per heavy atom. The first-order chi connectivity index (χ1) is 11.5. The SMILES string of the molecule is CCn1cc(S(=O)(=O)NC(Cc2ccccc2)C2CC(O)C2)cn1.